The van der Waals surface area contributed by atoms with Crippen LogP contribution in [0.5, 0.6) is 0 Å². The molecule has 7 nitrogen and oxygen atoms in total. The van der Waals surface area contributed by atoms with Gasteiger partial charge in [0.05, 0.1) is 13.2 Å². The van der Waals surface area contributed by atoms with Gasteiger partial charge >= 0.3 is 59.5 Å². The van der Waals surface area contributed by atoms with Crippen molar-refractivity contribution in [1.29, 1.82) is 0 Å². The topological polar surface area (TPSA) is 108 Å². The molecule has 4 N–H and O–H groups in total. The SMILES string of the molecule is CC(=O)N[C@H]1[C@H](OCCC(F)(F)C(F)(F)C(F)(F)C(F)(F)C(F)(F)C(F)(F)C(F)(F)C(F)(F)C(F)(F)C(F)(F)F)O[C@H](CO)[C@@H](O)[C@@H]1O. The third kappa shape index (κ3) is 6.42. The molecule has 28 heteroatoms. The highest BCUT2D eigenvalue weighted by Gasteiger charge is 2.97. The second-order valence-corrected chi connectivity index (χ2v) is 9.85. The Balaban J connectivity index is 3.49. The number of rotatable bonds is 14. The number of ether oxygens (including phenoxy) is 2. The molecule has 0 bridgehead atoms. The van der Waals surface area contributed by atoms with E-state index in [1.807, 2.05) is 0 Å². The minimum atomic E-state index is -9.29. The summed E-state index contributed by atoms with van der Waals surface area (Å²) in [7, 11) is 0. The third-order valence-corrected chi connectivity index (χ3v) is 6.52. The van der Waals surface area contributed by atoms with Crippen LogP contribution in [-0.2, 0) is 14.3 Å². The number of carbonyl (C=O) groups excluding carboxylic acids is 1. The maximum atomic E-state index is 14.2. The van der Waals surface area contributed by atoms with E-state index in [0.717, 1.165) is 0 Å². The van der Waals surface area contributed by atoms with E-state index in [1.54, 1.807) is 5.32 Å². The van der Waals surface area contributed by atoms with Gasteiger partial charge in [0, 0.05) is 13.3 Å². The summed E-state index contributed by atoms with van der Waals surface area (Å²) in [5, 5.41) is 30.5. The number of alkyl halides is 21. The highest BCUT2D eigenvalue weighted by Crippen LogP contribution is 2.66. The number of halogens is 21. The summed E-state index contributed by atoms with van der Waals surface area (Å²) < 4.78 is 292. The van der Waals surface area contributed by atoms with Crippen LogP contribution in [0, 0.1) is 0 Å². The Morgan fingerprint density at radius 3 is 1.31 bits per heavy atom. The van der Waals surface area contributed by atoms with Gasteiger partial charge < -0.3 is 30.1 Å². The van der Waals surface area contributed by atoms with Crippen molar-refractivity contribution in [2.75, 3.05) is 13.2 Å². The lowest BCUT2D eigenvalue weighted by molar-refractivity contribution is -0.474. The van der Waals surface area contributed by atoms with Gasteiger partial charge in [-0.1, -0.05) is 0 Å². The fourth-order valence-corrected chi connectivity index (χ4v) is 3.66. The van der Waals surface area contributed by atoms with Crippen LogP contribution in [0.3, 0.4) is 0 Å². The second kappa shape index (κ2) is 12.8. The highest BCUT2D eigenvalue weighted by atomic mass is 19.4. The van der Waals surface area contributed by atoms with Crippen molar-refractivity contribution in [1.82, 2.24) is 5.32 Å². The van der Waals surface area contributed by atoms with E-state index in [0.29, 0.717) is 6.92 Å². The molecule has 1 saturated heterocycles. The van der Waals surface area contributed by atoms with Gasteiger partial charge in [-0.3, -0.25) is 4.79 Å². The van der Waals surface area contributed by atoms with Crippen molar-refractivity contribution in [3.63, 3.8) is 0 Å². The molecule has 0 unspecified atom stereocenters. The van der Waals surface area contributed by atoms with Crippen LogP contribution in [0.2, 0.25) is 0 Å². The van der Waals surface area contributed by atoms with Gasteiger partial charge in [0.15, 0.2) is 6.29 Å². The summed E-state index contributed by atoms with van der Waals surface area (Å²) in [6.07, 6.45) is -20.0. The van der Waals surface area contributed by atoms with Crippen LogP contribution >= 0.6 is 0 Å². The van der Waals surface area contributed by atoms with E-state index in [1.165, 1.54) is 0 Å². The van der Waals surface area contributed by atoms with E-state index in [2.05, 4.69) is 4.74 Å². The lowest BCUT2D eigenvalue weighted by Gasteiger charge is -2.44. The molecule has 5 atom stereocenters. The average molecular weight is 767 g/mol. The monoisotopic (exact) mass is 767 g/mol. The molecule has 0 aliphatic carbocycles. The summed E-state index contributed by atoms with van der Waals surface area (Å²) >= 11 is 0. The standard InChI is InChI=1S/C20H18F21NO6/c1-5(44)42-7-9(46)8(45)6(4-43)48-10(7)47-3-2-11(21,22)12(23,24)13(25,26)14(27,28)15(29,30)16(31,32)17(33,34)18(35,36)19(37,38)20(39,40)41/h6-10,43,45-46H,2-4H2,1H3,(H,42,44)/t6-,7-,8-,9-,10-/m1/s1. The Hall–Kier alpha value is -2.20. The number of hydrogen-bond donors (Lipinski definition) is 4. The summed E-state index contributed by atoms with van der Waals surface area (Å²) in [5.74, 6) is -79.4. The van der Waals surface area contributed by atoms with Crippen molar-refractivity contribution < 1.29 is 122 Å². The van der Waals surface area contributed by atoms with Crippen molar-refractivity contribution in [3.05, 3.63) is 0 Å². The fraction of sp³-hybridized carbons (Fsp3) is 0.950. The van der Waals surface area contributed by atoms with Crippen LogP contribution in [-0.4, -0.2) is 125 Å². The molecule has 1 rings (SSSR count). The number of carbonyl (C=O) groups is 1. The van der Waals surface area contributed by atoms with Gasteiger partial charge in [0.2, 0.25) is 5.91 Å². The molecule has 1 heterocycles. The van der Waals surface area contributed by atoms with Gasteiger partial charge in [-0.05, 0) is 0 Å². The zero-order chi connectivity index (χ0) is 38.7. The van der Waals surface area contributed by atoms with E-state index >= 15 is 0 Å². The van der Waals surface area contributed by atoms with Crippen molar-refractivity contribution in [2.45, 2.75) is 103 Å². The first-order valence-electron chi connectivity index (χ1n) is 11.9. The van der Waals surface area contributed by atoms with E-state index in [4.69, 9.17) is 9.84 Å². The predicted molar refractivity (Wildman–Crippen MR) is 107 cm³/mol. The Bertz CT molecular complexity index is 1150. The molecule has 286 valence electrons. The van der Waals surface area contributed by atoms with Crippen molar-refractivity contribution >= 4 is 5.91 Å². The van der Waals surface area contributed by atoms with Crippen LogP contribution < -0.4 is 5.32 Å². The molecule has 0 spiro atoms. The summed E-state index contributed by atoms with van der Waals surface area (Å²) in [6, 6.07) is -2.09. The predicted octanol–water partition coefficient (Wildman–Crippen LogP) is 4.62. The van der Waals surface area contributed by atoms with E-state index in [-0.39, 0.29) is 0 Å². The van der Waals surface area contributed by atoms with Crippen molar-refractivity contribution in [3.8, 4) is 0 Å². The minimum absolute atomic E-state index is 0.684. The zero-order valence-electron chi connectivity index (χ0n) is 22.5. The lowest BCUT2D eigenvalue weighted by Crippen LogP contribution is -2.76. The molecule has 1 fully saturated rings. The number of nitrogens with one attached hydrogen (secondary N) is 1. The number of aliphatic hydroxyl groups excluding tert-OH is 3. The molecule has 0 radical (unpaired) electrons. The first kappa shape index (κ1) is 43.8. The summed E-state index contributed by atoms with van der Waals surface area (Å²) in [4.78, 5) is 11.3. The van der Waals surface area contributed by atoms with Gasteiger partial charge in [-0.25, -0.2) is 0 Å². The Morgan fingerprint density at radius 1 is 0.625 bits per heavy atom. The van der Waals surface area contributed by atoms with Crippen LogP contribution in [0.1, 0.15) is 13.3 Å². The molecule has 1 amide bonds. The Morgan fingerprint density at radius 2 is 0.979 bits per heavy atom. The smallest absolute Gasteiger partial charge is 0.394 e. The first-order chi connectivity index (χ1) is 20.9. The molecule has 0 aromatic carbocycles. The average Bonchev–Trinajstić information content (AvgIpc) is 2.90. The van der Waals surface area contributed by atoms with Crippen LogP contribution in [0.15, 0.2) is 0 Å². The number of hydrogen-bond acceptors (Lipinski definition) is 6. The molecule has 0 saturated carbocycles. The van der Waals surface area contributed by atoms with Gasteiger partial charge in [-0.15, -0.1) is 0 Å². The Labute approximate surface area is 250 Å². The van der Waals surface area contributed by atoms with Gasteiger partial charge in [-0.2, -0.15) is 92.2 Å². The number of aliphatic hydroxyl groups is 3. The molecule has 0 aromatic heterocycles. The maximum absolute atomic E-state index is 14.2. The summed E-state index contributed by atoms with van der Waals surface area (Å²) in [6.45, 7) is -2.81. The fourth-order valence-electron chi connectivity index (χ4n) is 3.66. The summed E-state index contributed by atoms with van der Waals surface area (Å²) in [5.41, 5.74) is 0. The first-order valence-corrected chi connectivity index (χ1v) is 11.9. The van der Waals surface area contributed by atoms with E-state index in [9.17, 15) is 107 Å². The maximum Gasteiger partial charge on any atom is 0.460 e. The number of amides is 1. The van der Waals surface area contributed by atoms with Crippen molar-refractivity contribution in [2.24, 2.45) is 0 Å². The zero-order valence-corrected chi connectivity index (χ0v) is 22.5. The quantitative estimate of drug-likeness (QED) is 0.193. The third-order valence-electron chi connectivity index (χ3n) is 6.52. The Kier molecular flexibility index (Phi) is 11.7. The van der Waals surface area contributed by atoms with Crippen LogP contribution in [0.4, 0.5) is 92.2 Å². The molecule has 1 aliphatic heterocycles. The molecular formula is C20H18F21NO6. The largest absolute Gasteiger partial charge is 0.460 e. The van der Waals surface area contributed by atoms with Crippen LogP contribution in [0.25, 0.3) is 0 Å². The normalized spacial score (nSPS) is 24.9. The molecule has 48 heavy (non-hydrogen) atoms. The molecular weight excluding hydrogens is 749 g/mol. The second-order valence-electron chi connectivity index (χ2n) is 9.85. The highest BCUT2D eigenvalue weighted by molar-refractivity contribution is 5.73. The molecule has 1 aliphatic rings. The van der Waals surface area contributed by atoms with Gasteiger partial charge in [0.1, 0.15) is 24.4 Å². The van der Waals surface area contributed by atoms with Gasteiger partial charge in [0.25, 0.3) is 0 Å². The molecule has 0 aromatic rings. The van der Waals surface area contributed by atoms with E-state index < -0.39 is 116 Å². The lowest BCUT2D eigenvalue weighted by atomic mass is 9.86. The minimum Gasteiger partial charge on any atom is -0.394 e.